The third-order valence-electron chi connectivity index (χ3n) is 6.66. The van der Waals surface area contributed by atoms with E-state index in [1.807, 2.05) is 55.5 Å². The number of imidazole rings is 1. The first-order valence-electron chi connectivity index (χ1n) is 11.6. The molecule has 3 amide bonds. The van der Waals surface area contributed by atoms with Crippen molar-refractivity contribution >= 4 is 34.4 Å². The van der Waals surface area contributed by atoms with Crippen molar-refractivity contribution in [2.45, 2.75) is 25.6 Å². The van der Waals surface area contributed by atoms with Crippen LogP contribution in [0, 0.1) is 0 Å². The topological polar surface area (TPSA) is 98.4 Å². The van der Waals surface area contributed by atoms with E-state index in [9.17, 15) is 14.4 Å². The molecule has 2 aliphatic heterocycles. The quantitative estimate of drug-likeness (QED) is 0.466. The predicted molar refractivity (Wildman–Crippen MR) is 131 cm³/mol. The molecule has 6 rings (SSSR count). The summed E-state index contributed by atoms with van der Waals surface area (Å²) in [7, 11) is 0. The molecule has 0 aliphatic carbocycles. The Morgan fingerprint density at radius 2 is 1.69 bits per heavy atom. The molecule has 3 heterocycles. The summed E-state index contributed by atoms with van der Waals surface area (Å²) >= 11 is 0. The SMILES string of the molecule is C[C@H](NC(=O)CCN1C(=O)c2ccccc2N2C(=O)c3ccccc3[C@H]12)c1nc2ccccc2[nH]1. The summed E-state index contributed by atoms with van der Waals surface area (Å²) in [4.78, 5) is 50.7. The van der Waals surface area contributed by atoms with Gasteiger partial charge in [0.25, 0.3) is 11.8 Å². The van der Waals surface area contributed by atoms with Crippen molar-refractivity contribution < 1.29 is 14.4 Å². The second-order valence-electron chi connectivity index (χ2n) is 8.83. The van der Waals surface area contributed by atoms with Crippen molar-refractivity contribution in [3.8, 4) is 0 Å². The highest BCUT2D eigenvalue weighted by molar-refractivity contribution is 6.16. The van der Waals surface area contributed by atoms with Gasteiger partial charge in [-0.15, -0.1) is 0 Å². The minimum Gasteiger partial charge on any atom is -0.346 e. The van der Waals surface area contributed by atoms with E-state index < -0.39 is 6.17 Å². The summed E-state index contributed by atoms with van der Waals surface area (Å²) in [5, 5.41) is 2.97. The van der Waals surface area contributed by atoms with Gasteiger partial charge in [-0.25, -0.2) is 4.98 Å². The van der Waals surface area contributed by atoms with E-state index in [1.54, 1.807) is 34.1 Å². The molecule has 2 aliphatic rings. The van der Waals surface area contributed by atoms with E-state index in [4.69, 9.17) is 0 Å². The summed E-state index contributed by atoms with van der Waals surface area (Å²) in [6.07, 6.45) is -0.471. The van der Waals surface area contributed by atoms with Crippen LogP contribution in [0.5, 0.6) is 0 Å². The number of hydrogen-bond donors (Lipinski definition) is 2. The van der Waals surface area contributed by atoms with E-state index >= 15 is 0 Å². The molecule has 174 valence electrons. The maximum Gasteiger partial charge on any atom is 0.260 e. The molecule has 2 atom stereocenters. The minimum atomic E-state index is -0.568. The fourth-order valence-electron chi connectivity index (χ4n) is 4.98. The van der Waals surface area contributed by atoms with E-state index in [0.717, 1.165) is 16.6 Å². The van der Waals surface area contributed by atoms with Gasteiger partial charge >= 0.3 is 0 Å². The molecule has 0 fully saturated rings. The number of aromatic nitrogens is 2. The first-order chi connectivity index (χ1) is 17.0. The van der Waals surface area contributed by atoms with Crippen molar-refractivity contribution in [3.05, 3.63) is 95.3 Å². The largest absolute Gasteiger partial charge is 0.346 e. The van der Waals surface area contributed by atoms with Crippen LogP contribution in [0.1, 0.15) is 57.7 Å². The van der Waals surface area contributed by atoms with Gasteiger partial charge in [-0.1, -0.05) is 42.5 Å². The number of hydrogen-bond acceptors (Lipinski definition) is 4. The van der Waals surface area contributed by atoms with Crippen LogP contribution in [0.3, 0.4) is 0 Å². The zero-order valence-electron chi connectivity index (χ0n) is 19.1. The van der Waals surface area contributed by atoms with E-state index in [1.165, 1.54) is 0 Å². The molecular formula is C27H23N5O3. The molecular weight excluding hydrogens is 442 g/mol. The van der Waals surface area contributed by atoms with Crippen LogP contribution in [0.25, 0.3) is 11.0 Å². The predicted octanol–water partition coefficient (Wildman–Crippen LogP) is 3.95. The molecule has 8 nitrogen and oxygen atoms in total. The minimum absolute atomic E-state index is 0.0964. The Hall–Kier alpha value is -4.46. The number of fused-ring (bicyclic) bond motifs is 6. The molecule has 2 N–H and O–H groups in total. The number of benzene rings is 3. The Kier molecular flexibility index (Phi) is 4.88. The molecule has 0 spiro atoms. The van der Waals surface area contributed by atoms with Gasteiger partial charge in [0, 0.05) is 24.1 Å². The van der Waals surface area contributed by atoms with Crippen molar-refractivity contribution in [1.29, 1.82) is 0 Å². The lowest BCUT2D eigenvalue weighted by atomic mass is 10.0. The fraction of sp³-hybridized carbons (Fsp3) is 0.185. The Balaban J connectivity index is 1.23. The average molecular weight is 466 g/mol. The number of carbonyl (C=O) groups excluding carboxylic acids is 3. The first kappa shape index (κ1) is 21.1. The number of carbonyl (C=O) groups is 3. The second-order valence-corrected chi connectivity index (χ2v) is 8.83. The van der Waals surface area contributed by atoms with Gasteiger partial charge in [0.2, 0.25) is 5.91 Å². The fourth-order valence-corrected chi connectivity index (χ4v) is 4.98. The summed E-state index contributed by atoms with van der Waals surface area (Å²) < 4.78 is 0. The lowest BCUT2D eigenvalue weighted by molar-refractivity contribution is -0.122. The summed E-state index contributed by atoms with van der Waals surface area (Å²) in [6.45, 7) is 2.04. The van der Waals surface area contributed by atoms with Crippen molar-refractivity contribution in [1.82, 2.24) is 20.2 Å². The van der Waals surface area contributed by atoms with Gasteiger partial charge in [0.05, 0.1) is 28.3 Å². The molecule has 0 saturated carbocycles. The molecule has 1 aromatic heterocycles. The van der Waals surface area contributed by atoms with Crippen LogP contribution in [0.15, 0.2) is 72.8 Å². The Bertz CT molecular complexity index is 1460. The van der Waals surface area contributed by atoms with Crippen molar-refractivity contribution in [2.24, 2.45) is 0 Å². The summed E-state index contributed by atoms with van der Waals surface area (Å²) in [5.41, 5.74) is 4.16. The number of nitrogens with zero attached hydrogens (tertiary/aromatic N) is 3. The maximum absolute atomic E-state index is 13.5. The normalized spacial score (nSPS) is 17.2. The van der Waals surface area contributed by atoms with Crippen molar-refractivity contribution in [2.75, 3.05) is 11.4 Å². The molecule has 8 heteroatoms. The van der Waals surface area contributed by atoms with E-state index in [-0.39, 0.29) is 36.7 Å². The third kappa shape index (κ3) is 3.37. The standard InChI is InChI=1S/C27H23N5O3/c1-16(24-29-20-11-5-6-12-21(20)30-24)28-23(33)14-15-31-25-17-8-2-3-9-18(17)27(35)32(25)22-13-7-4-10-19(22)26(31)34/h2-13,16,25H,14-15H2,1H3,(H,28,33)(H,29,30)/t16-,25+/m0/s1. The number of aromatic amines is 1. The number of para-hydroxylation sites is 3. The Morgan fingerprint density at radius 3 is 2.51 bits per heavy atom. The zero-order valence-corrected chi connectivity index (χ0v) is 19.1. The Labute approximate surface area is 201 Å². The van der Waals surface area contributed by atoms with Gasteiger partial charge in [-0.3, -0.25) is 19.3 Å². The zero-order chi connectivity index (χ0) is 24.1. The summed E-state index contributed by atoms with van der Waals surface area (Å²) in [6, 6.07) is 21.8. The van der Waals surface area contributed by atoms with Crippen LogP contribution in [-0.2, 0) is 4.79 Å². The van der Waals surface area contributed by atoms with Crippen LogP contribution >= 0.6 is 0 Å². The number of anilines is 1. The van der Waals surface area contributed by atoms with E-state index in [0.29, 0.717) is 22.6 Å². The van der Waals surface area contributed by atoms with Crippen LogP contribution < -0.4 is 10.2 Å². The molecule has 3 aromatic carbocycles. The van der Waals surface area contributed by atoms with E-state index in [2.05, 4.69) is 15.3 Å². The number of nitrogens with one attached hydrogen (secondary N) is 2. The number of amides is 3. The lowest BCUT2D eigenvalue weighted by Crippen LogP contribution is -2.49. The average Bonchev–Trinajstić information content (AvgIpc) is 3.44. The lowest BCUT2D eigenvalue weighted by Gasteiger charge is -2.40. The highest BCUT2D eigenvalue weighted by atomic mass is 16.2. The van der Waals surface area contributed by atoms with Gasteiger partial charge in [-0.05, 0) is 37.3 Å². The van der Waals surface area contributed by atoms with Gasteiger partial charge in [-0.2, -0.15) is 0 Å². The molecule has 35 heavy (non-hydrogen) atoms. The van der Waals surface area contributed by atoms with Gasteiger partial charge in [0.15, 0.2) is 0 Å². The van der Waals surface area contributed by atoms with Gasteiger partial charge < -0.3 is 15.2 Å². The summed E-state index contributed by atoms with van der Waals surface area (Å²) in [5.74, 6) is 0.140. The number of H-pyrrole nitrogens is 1. The Morgan fingerprint density at radius 1 is 0.971 bits per heavy atom. The van der Waals surface area contributed by atoms with Crippen LogP contribution in [0.2, 0.25) is 0 Å². The molecule has 0 saturated heterocycles. The maximum atomic E-state index is 13.5. The molecule has 4 aromatic rings. The highest BCUT2D eigenvalue weighted by Crippen LogP contribution is 2.45. The van der Waals surface area contributed by atoms with Gasteiger partial charge in [0.1, 0.15) is 12.0 Å². The molecule has 0 unspecified atom stereocenters. The van der Waals surface area contributed by atoms with Crippen LogP contribution in [-0.4, -0.2) is 39.1 Å². The highest BCUT2D eigenvalue weighted by Gasteiger charge is 2.47. The molecule has 0 radical (unpaired) electrons. The van der Waals surface area contributed by atoms with Crippen molar-refractivity contribution in [3.63, 3.8) is 0 Å². The first-order valence-corrected chi connectivity index (χ1v) is 11.6. The second kappa shape index (κ2) is 8.09. The smallest absolute Gasteiger partial charge is 0.260 e. The third-order valence-corrected chi connectivity index (χ3v) is 6.66. The van der Waals surface area contributed by atoms with Crippen LogP contribution in [0.4, 0.5) is 5.69 Å². The monoisotopic (exact) mass is 465 g/mol. The number of rotatable bonds is 5. The molecule has 0 bridgehead atoms.